The lowest BCUT2D eigenvalue weighted by Crippen LogP contribution is -2.49. The van der Waals surface area contributed by atoms with Crippen molar-refractivity contribution in [3.63, 3.8) is 0 Å². The molecule has 0 aromatic heterocycles. The van der Waals surface area contributed by atoms with E-state index in [4.69, 9.17) is 4.74 Å². The van der Waals surface area contributed by atoms with Crippen LogP contribution >= 0.6 is 24.0 Å². The molecule has 0 bridgehead atoms. The molecule has 1 rings (SSSR count). The summed E-state index contributed by atoms with van der Waals surface area (Å²) in [6.45, 7) is 10.6. The van der Waals surface area contributed by atoms with E-state index in [1.54, 1.807) is 19.0 Å². The lowest BCUT2D eigenvalue weighted by atomic mass is 9.89. The van der Waals surface area contributed by atoms with E-state index >= 15 is 0 Å². The van der Waals surface area contributed by atoms with Gasteiger partial charge in [0.15, 0.2) is 5.96 Å². The number of guanidine groups is 1. The second-order valence-electron chi connectivity index (χ2n) is 7.58. The van der Waals surface area contributed by atoms with Crippen molar-refractivity contribution in [3.8, 4) is 0 Å². The molecule has 2 N–H and O–H groups in total. The number of nitrogens with zero attached hydrogens (tertiary/aromatic N) is 2. The molecule has 26 heavy (non-hydrogen) atoms. The molecule has 2 atom stereocenters. The van der Waals surface area contributed by atoms with Gasteiger partial charge in [0.1, 0.15) is 6.54 Å². The maximum atomic E-state index is 11.8. The summed E-state index contributed by atoms with van der Waals surface area (Å²) < 4.78 is 6.00. The van der Waals surface area contributed by atoms with Crippen LogP contribution in [0.25, 0.3) is 0 Å². The van der Waals surface area contributed by atoms with Crippen molar-refractivity contribution in [1.82, 2.24) is 15.5 Å². The molecule has 1 saturated heterocycles. The molecule has 0 aromatic carbocycles. The second kappa shape index (κ2) is 13.6. The third-order valence-corrected chi connectivity index (χ3v) is 4.78. The van der Waals surface area contributed by atoms with Crippen molar-refractivity contribution in [2.45, 2.75) is 65.5 Å². The molecule has 7 heteroatoms. The first kappa shape index (κ1) is 25.4. The van der Waals surface area contributed by atoms with Gasteiger partial charge in [0, 0.05) is 33.3 Å². The normalized spacial score (nSPS) is 20.7. The van der Waals surface area contributed by atoms with Crippen LogP contribution in [0.4, 0.5) is 0 Å². The standard InChI is InChI=1S/C19H38N4O2.HI/c1-7-15(8-2)17-11-16(9-10-25-17)22-19(20-12-14(3)4)21-13-18(24)23(5)6;/h14-17H,7-13H2,1-6H3,(H2,20,21,22);1H. The van der Waals surface area contributed by atoms with Crippen molar-refractivity contribution in [3.05, 3.63) is 0 Å². The van der Waals surface area contributed by atoms with Gasteiger partial charge in [-0.05, 0) is 24.7 Å². The molecule has 1 aliphatic rings. The number of carbonyl (C=O) groups excluding carboxylic acids is 1. The van der Waals surface area contributed by atoms with Gasteiger partial charge in [0.2, 0.25) is 5.91 Å². The number of hydrogen-bond donors (Lipinski definition) is 2. The van der Waals surface area contributed by atoms with Gasteiger partial charge in [-0.3, -0.25) is 4.79 Å². The molecule has 1 amide bonds. The van der Waals surface area contributed by atoms with Crippen LogP contribution in [0, 0.1) is 11.8 Å². The fraction of sp³-hybridized carbons (Fsp3) is 0.895. The van der Waals surface area contributed by atoms with Gasteiger partial charge in [-0.15, -0.1) is 24.0 Å². The van der Waals surface area contributed by atoms with Crippen LogP contribution in [0.1, 0.15) is 53.4 Å². The fourth-order valence-electron chi connectivity index (χ4n) is 3.04. The fourth-order valence-corrected chi connectivity index (χ4v) is 3.04. The highest BCUT2D eigenvalue weighted by molar-refractivity contribution is 14.0. The predicted octanol–water partition coefficient (Wildman–Crippen LogP) is 2.87. The second-order valence-corrected chi connectivity index (χ2v) is 7.58. The minimum atomic E-state index is 0. The van der Waals surface area contributed by atoms with E-state index in [1.165, 1.54) is 0 Å². The summed E-state index contributed by atoms with van der Waals surface area (Å²) in [5.74, 6) is 1.87. The number of nitrogens with one attached hydrogen (secondary N) is 2. The molecule has 1 fully saturated rings. The van der Waals surface area contributed by atoms with Crippen molar-refractivity contribution in [2.75, 3.05) is 33.8 Å². The van der Waals surface area contributed by atoms with Crippen molar-refractivity contribution in [1.29, 1.82) is 0 Å². The van der Waals surface area contributed by atoms with E-state index in [-0.39, 0.29) is 36.4 Å². The highest BCUT2D eigenvalue weighted by Crippen LogP contribution is 2.25. The Bertz CT molecular complexity index is 426. The van der Waals surface area contributed by atoms with E-state index in [1.807, 2.05) is 0 Å². The minimum absolute atomic E-state index is 0. The third kappa shape index (κ3) is 9.39. The van der Waals surface area contributed by atoms with E-state index in [2.05, 4.69) is 43.3 Å². The smallest absolute Gasteiger partial charge is 0.243 e. The largest absolute Gasteiger partial charge is 0.378 e. The Kier molecular flexibility index (Phi) is 13.3. The third-order valence-electron chi connectivity index (χ3n) is 4.78. The zero-order valence-electron chi connectivity index (χ0n) is 17.4. The molecule has 0 radical (unpaired) electrons. The van der Waals surface area contributed by atoms with Gasteiger partial charge in [-0.25, -0.2) is 4.99 Å². The zero-order chi connectivity index (χ0) is 18.8. The van der Waals surface area contributed by atoms with Crippen LogP contribution in [-0.2, 0) is 9.53 Å². The van der Waals surface area contributed by atoms with Crippen molar-refractivity contribution < 1.29 is 9.53 Å². The Hall–Kier alpha value is -0.570. The number of ether oxygens (including phenoxy) is 1. The number of aliphatic imine (C=N–C) groups is 1. The zero-order valence-corrected chi connectivity index (χ0v) is 19.7. The minimum Gasteiger partial charge on any atom is -0.378 e. The Morgan fingerprint density at radius 1 is 1.27 bits per heavy atom. The maximum absolute atomic E-state index is 11.8. The monoisotopic (exact) mass is 482 g/mol. The Morgan fingerprint density at radius 2 is 1.92 bits per heavy atom. The molecule has 0 saturated carbocycles. The Labute approximate surface area is 176 Å². The first-order valence-corrected chi connectivity index (χ1v) is 9.73. The number of hydrogen-bond acceptors (Lipinski definition) is 3. The summed E-state index contributed by atoms with van der Waals surface area (Å²) in [6.07, 6.45) is 4.59. The van der Waals surface area contributed by atoms with Crippen LogP contribution in [-0.4, -0.2) is 62.7 Å². The van der Waals surface area contributed by atoms with E-state index in [0.717, 1.165) is 44.8 Å². The SMILES string of the molecule is CCC(CC)C1CC(NC(=NCC(=O)N(C)C)NCC(C)C)CCO1.I. The van der Waals surface area contributed by atoms with Crippen LogP contribution < -0.4 is 10.6 Å². The van der Waals surface area contributed by atoms with Crippen LogP contribution in [0.2, 0.25) is 0 Å². The van der Waals surface area contributed by atoms with Crippen molar-refractivity contribution in [2.24, 2.45) is 16.8 Å². The maximum Gasteiger partial charge on any atom is 0.243 e. The molecule has 0 spiro atoms. The number of halogens is 1. The first-order valence-electron chi connectivity index (χ1n) is 9.73. The molecule has 2 unspecified atom stereocenters. The highest BCUT2D eigenvalue weighted by Gasteiger charge is 2.28. The van der Waals surface area contributed by atoms with Crippen LogP contribution in [0.5, 0.6) is 0 Å². The molecular formula is C19H39IN4O2. The topological polar surface area (TPSA) is 66.0 Å². The first-order chi connectivity index (χ1) is 11.9. The molecule has 1 aliphatic heterocycles. The summed E-state index contributed by atoms with van der Waals surface area (Å²) in [5.41, 5.74) is 0. The summed E-state index contributed by atoms with van der Waals surface area (Å²) in [7, 11) is 3.51. The van der Waals surface area contributed by atoms with Gasteiger partial charge < -0.3 is 20.3 Å². The van der Waals surface area contributed by atoms with Crippen LogP contribution in [0.15, 0.2) is 4.99 Å². The summed E-state index contributed by atoms with van der Waals surface area (Å²) >= 11 is 0. The molecule has 6 nitrogen and oxygen atoms in total. The summed E-state index contributed by atoms with van der Waals surface area (Å²) in [6, 6.07) is 0.340. The number of amides is 1. The van der Waals surface area contributed by atoms with Gasteiger partial charge in [0.05, 0.1) is 6.10 Å². The molecule has 1 heterocycles. The predicted molar refractivity (Wildman–Crippen MR) is 119 cm³/mol. The van der Waals surface area contributed by atoms with Crippen molar-refractivity contribution >= 4 is 35.8 Å². The number of likely N-dealkylation sites (N-methyl/N-ethyl adjacent to an activating group) is 1. The molecule has 154 valence electrons. The Balaban J connectivity index is 0.00000625. The molecule has 0 aliphatic carbocycles. The van der Waals surface area contributed by atoms with Gasteiger partial charge >= 0.3 is 0 Å². The lowest BCUT2D eigenvalue weighted by Gasteiger charge is -2.35. The summed E-state index contributed by atoms with van der Waals surface area (Å²) in [5, 5.41) is 6.89. The van der Waals surface area contributed by atoms with Gasteiger partial charge in [-0.2, -0.15) is 0 Å². The molecule has 0 aromatic rings. The van der Waals surface area contributed by atoms with E-state index < -0.39 is 0 Å². The highest BCUT2D eigenvalue weighted by atomic mass is 127. The lowest BCUT2D eigenvalue weighted by molar-refractivity contribution is -0.127. The van der Waals surface area contributed by atoms with E-state index in [0.29, 0.717) is 24.0 Å². The van der Waals surface area contributed by atoms with Gasteiger partial charge in [0.25, 0.3) is 0 Å². The van der Waals surface area contributed by atoms with Gasteiger partial charge in [-0.1, -0.05) is 40.5 Å². The summed E-state index contributed by atoms with van der Waals surface area (Å²) in [4.78, 5) is 17.9. The van der Waals surface area contributed by atoms with Crippen LogP contribution in [0.3, 0.4) is 0 Å². The quantitative estimate of drug-likeness (QED) is 0.317. The number of rotatable bonds is 8. The Morgan fingerprint density at radius 3 is 2.46 bits per heavy atom. The average molecular weight is 482 g/mol. The average Bonchev–Trinajstić information content (AvgIpc) is 2.58. The van der Waals surface area contributed by atoms with E-state index in [9.17, 15) is 4.79 Å². The number of carbonyl (C=O) groups is 1. The molecular weight excluding hydrogens is 443 g/mol.